The molecule has 0 aliphatic carbocycles. The van der Waals surface area contributed by atoms with Crippen LogP contribution in [0.25, 0.3) is 0 Å². The van der Waals surface area contributed by atoms with Crippen molar-refractivity contribution >= 4 is 23.2 Å². The fourth-order valence-corrected chi connectivity index (χ4v) is 3.41. The Morgan fingerprint density at radius 2 is 1.80 bits per heavy atom. The Hall–Kier alpha value is -3.67. The Morgan fingerprint density at radius 1 is 1.03 bits per heavy atom. The van der Waals surface area contributed by atoms with Crippen LogP contribution in [0.4, 0.5) is 15.8 Å². The van der Waals surface area contributed by atoms with Gasteiger partial charge in [0.15, 0.2) is 5.75 Å². The lowest BCUT2D eigenvalue weighted by molar-refractivity contribution is 0.0979. The van der Waals surface area contributed by atoms with Crippen LogP contribution >= 0.6 is 0 Å². The van der Waals surface area contributed by atoms with Gasteiger partial charge in [-0.25, -0.2) is 4.39 Å². The first-order chi connectivity index (χ1) is 14.3. The summed E-state index contributed by atoms with van der Waals surface area (Å²) >= 11 is 0. The molecular weight excluding hydrogens is 383 g/mol. The highest BCUT2D eigenvalue weighted by atomic mass is 19.1. The summed E-state index contributed by atoms with van der Waals surface area (Å²) in [4.78, 5) is 27.3. The molecule has 152 valence electrons. The molecule has 0 saturated carbocycles. The fourth-order valence-electron chi connectivity index (χ4n) is 3.41. The van der Waals surface area contributed by atoms with Crippen LogP contribution < -0.4 is 15.0 Å². The predicted molar refractivity (Wildman–Crippen MR) is 114 cm³/mol. The molecule has 30 heavy (non-hydrogen) atoms. The van der Waals surface area contributed by atoms with Gasteiger partial charge in [-0.2, -0.15) is 0 Å². The molecule has 3 aromatic carbocycles. The summed E-state index contributed by atoms with van der Waals surface area (Å²) in [5.74, 6) is -0.104. The number of aryl methyl sites for hydroxylation is 1. The van der Waals surface area contributed by atoms with E-state index in [9.17, 15) is 14.0 Å². The Morgan fingerprint density at radius 3 is 2.53 bits per heavy atom. The molecule has 1 aliphatic heterocycles. The highest BCUT2D eigenvalue weighted by Crippen LogP contribution is 2.41. The van der Waals surface area contributed by atoms with E-state index in [1.165, 1.54) is 6.07 Å². The molecule has 0 radical (unpaired) electrons. The molecule has 0 bridgehead atoms. The zero-order valence-corrected chi connectivity index (χ0v) is 16.9. The van der Waals surface area contributed by atoms with Crippen molar-refractivity contribution in [1.29, 1.82) is 0 Å². The molecule has 1 heterocycles. The Balaban J connectivity index is 1.70. The van der Waals surface area contributed by atoms with Gasteiger partial charge in [0.05, 0.1) is 11.3 Å². The summed E-state index contributed by atoms with van der Waals surface area (Å²) < 4.78 is 19.8. The van der Waals surface area contributed by atoms with E-state index >= 15 is 0 Å². The quantitative estimate of drug-likeness (QED) is 0.623. The van der Waals surface area contributed by atoms with Crippen molar-refractivity contribution < 1.29 is 18.7 Å². The first kappa shape index (κ1) is 19.6. The summed E-state index contributed by atoms with van der Waals surface area (Å²) in [5, 5.41) is 2.77. The van der Waals surface area contributed by atoms with Crippen LogP contribution in [-0.4, -0.2) is 17.9 Å². The molecule has 0 fully saturated rings. The summed E-state index contributed by atoms with van der Waals surface area (Å²) in [6.45, 7) is 5.49. The number of para-hydroxylation sites is 1. The maximum Gasteiger partial charge on any atom is 0.262 e. The van der Waals surface area contributed by atoms with Crippen molar-refractivity contribution in [1.82, 2.24) is 0 Å². The van der Waals surface area contributed by atoms with Gasteiger partial charge in [-0.15, -0.1) is 0 Å². The van der Waals surface area contributed by atoms with Crippen molar-refractivity contribution in [3.8, 4) is 11.5 Å². The van der Waals surface area contributed by atoms with E-state index in [1.807, 2.05) is 13.8 Å². The molecule has 1 aliphatic rings. The summed E-state index contributed by atoms with van der Waals surface area (Å²) in [7, 11) is 0. The van der Waals surface area contributed by atoms with E-state index in [1.54, 1.807) is 66.4 Å². The fraction of sp³-hybridized carbons (Fsp3) is 0.167. The number of amides is 2. The standard InChI is InChI=1S/C24H21FN2O3/c1-14(2)27-20-11-10-17(26-23(28)16-9-8-15(3)19(25)12-16)13-22(20)30-21-7-5-4-6-18(21)24(27)29/h4-14H,1-3H3,(H,26,28). The number of carbonyl (C=O) groups is 2. The smallest absolute Gasteiger partial charge is 0.262 e. The van der Waals surface area contributed by atoms with Crippen LogP contribution in [0.5, 0.6) is 11.5 Å². The zero-order chi connectivity index (χ0) is 21.4. The molecule has 4 rings (SSSR count). The molecule has 6 heteroatoms. The van der Waals surface area contributed by atoms with Crippen molar-refractivity contribution in [2.45, 2.75) is 26.8 Å². The van der Waals surface area contributed by atoms with Crippen LogP contribution in [0.3, 0.4) is 0 Å². The van der Waals surface area contributed by atoms with E-state index in [-0.39, 0.29) is 17.5 Å². The lowest BCUT2D eigenvalue weighted by atomic mass is 10.1. The normalized spacial score (nSPS) is 12.7. The maximum absolute atomic E-state index is 13.8. The number of fused-ring (bicyclic) bond motifs is 2. The first-order valence-corrected chi connectivity index (χ1v) is 9.67. The Labute approximate surface area is 174 Å². The topological polar surface area (TPSA) is 58.6 Å². The average molecular weight is 404 g/mol. The zero-order valence-electron chi connectivity index (χ0n) is 16.9. The second-order valence-electron chi connectivity index (χ2n) is 7.47. The molecular formula is C24H21FN2O3. The molecule has 0 unspecified atom stereocenters. The van der Waals surface area contributed by atoms with E-state index in [2.05, 4.69) is 5.32 Å². The number of rotatable bonds is 3. The van der Waals surface area contributed by atoms with Gasteiger partial charge in [0.2, 0.25) is 0 Å². The van der Waals surface area contributed by atoms with Crippen LogP contribution in [0.15, 0.2) is 60.7 Å². The average Bonchev–Trinajstić information content (AvgIpc) is 2.83. The summed E-state index contributed by atoms with van der Waals surface area (Å²) in [6.07, 6.45) is 0. The summed E-state index contributed by atoms with van der Waals surface area (Å²) in [5.41, 5.74) is 2.27. The van der Waals surface area contributed by atoms with Crippen molar-refractivity contribution in [2.24, 2.45) is 0 Å². The highest BCUT2D eigenvalue weighted by molar-refractivity contribution is 6.10. The van der Waals surface area contributed by atoms with Crippen molar-refractivity contribution in [3.05, 3.63) is 83.2 Å². The molecule has 2 amide bonds. The van der Waals surface area contributed by atoms with Crippen LogP contribution in [0.1, 0.15) is 40.1 Å². The summed E-state index contributed by atoms with van der Waals surface area (Å²) in [6, 6.07) is 16.4. The lowest BCUT2D eigenvalue weighted by Gasteiger charge is -2.26. The third-order valence-corrected chi connectivity index (χ3v) is 4.98. The minimum atomic E-state index is -0.435. The van der Waals surface area contributed by atoms with Gasteiger partial charge >= 0.3 is 0 Å². The van der Waals surface area contributed by atoms with Gasteiger partial charge in [-0.05, 0) is 62.7 Å². The van der Waals surface area contributed by atoms with E-state index < -0.39 is 11.7 Å². The van der Waals surface area contributed by atoms with E-state index in [0.717, 1.165) is 0 Å². The SMILES string of the molecule is Cc1ccc(C(=O)Nc2ccc3c(c2)Oc2ccccc2C(=O)N3C(C)C)cc1F. The van der Waals surface area contributed by atoms with Gasteiger partial charge in [0.1, 0.15) is 11.6 Å². The number of anilines is 2. The van der Waals surface area contributed by atoms with Crippen molar-refractivity contribution in [3.63, 3.8) is 0 Å². The molecule has 1 N–H and O–H groups in total. The minimum Gasteiger partial charge on any atom is -0.454 e. The third kappa shape index (κ3) is 3.52. The molecule has 5 nitrogen and oxygen atoms in total. The highest BCUT2D eigenvalue weighted by Gasteiger charge is 2.30. The number of nitrogens with zero attached hydrogens (tertiary/aromatic N) is 1. The van der Waals surface area contributed by atoms with E-state index in [0.29, 0.717) is 34.0 Å². The second kappa shape index (κ2) is 7.63. The van der Waals surface area contributed by atoms with Gasteiger partial charge in [0, 0.05) is 23.4 Å². The number of ether oxygens (including phenoxy) is 1. The predicted octanol–water partition coefficient (Wildman–Crippen LogP) is 5.55. The van der Waals surface area contributed by atoms with Gasteiger partial charge in [0.25, 0.3) is 11.8 Å². The molecule has 0 atom stereocenters. The second-order valence-corrected chi connectivity index (χ2v) is 7.47. The van der Waals surface area contributed by atoms with Gasteiger partial charge < -0.3 is 15.0 Å². The first-order valence-electron chi connectivity index (χ1n) is 9.67. The number of halogens is 1. The van der Waals surface area contributed by atoms with Crippen molar-refractivity contribution in [2.75, 3.05) is 10.2 Å². The molecule has 3 aromatic rings. The number of nitrogens with one attached hydrogen (secondary N) is 1. The number of hydrogen-bond acceptors (Lipinski definition) is 3. The number of benzene rings is 3. The maximum atomic E-state index is 13.8. The number of carbonyl (C=O) groups excluding carboxylic acids is 2. The molecule has 0 saturated heterocycles. The Kier molecular flexibility index (Phi) is 4.99. The third-order valence-electron chi connectivity index (χ3n) is 4.98. The lowest BCUT2D eigenvalue weighted by Crippen LogP contribution is -2.36. The van der Waals surface area contributed by atoms with Gasteiger partial charge in [-0.1, -0.05) is 18.2 Å². The Bertz CT molecular complexity index is 1160. The van der Waals surface area contributed by atoms with Crippen LogP contribution in [0, 0.1) is 12.7 Å². The van der Waals surface area contributed by atoms with E-state index in [4.69, 9.17) is 4.74 Å². The molecule has 0 spiro atoms. The minimum absolute atomic E-state index is 0.0954. The monoisotopic (exact) mass is 404 g/mol. The number of hydrogen-bond donors (Lipinski definition) is 1. The van der Waals surface area contributed by atoms with Gasteiger partial charge in [-0.3, -0.25) is 9.59 Å². The van der Waals surface area contributed by atoms with Crippen LogP contribution in [-0.2, 0) is 0 Å². The van der Waals surface area contributed by atoms with Crippen LogP contribution in [0.2, 0.25) is 0 Å². The molecule has 0 aromatic heterocycles. The largest absolute Gasteiger partial charge is 0.454 e.